The molecule has 0 aliphatic carbocycles. The first-order chi connectivity index (χ1) is 9.61. The molecule has 2 atom stereocenters. The molecule has 1 fully saturated rings. The fourth-order valence-electron chi connectivity index (χ4n) is 2.67. The number of rotatable bonds is 5. The summed E-state index contributed by atoms with van der Waals surface area (Å²) in [6.45, 7) is 7.12. The summed E-state index contributed by atoms with van der Waals surface area (Å²) in [6, 6.07) is 0.282. The third kappa shape index (κ3) is 3.77. The van der Waals surface area contributed by atoms with Gasteiger partial charge in [0.15, 0.2) is 0 Å². The second kappa shape index (κ2) is 7.15. The lowest BCUT2D eigenvalue weighted by molar-refractivity contribution is -0.126. The Balaban J connectivity index is 1.94. The van der Waals surface area contributed by atoms with E-state index in [2.05, 4.69) is 27.5 Å². The molecular formula is C14H24N4OS. The molecule has 2 heterocycles. The van der Waals surface area contributed by atoms with Gasteiger partial charge in [0.1, 0.15) is 0 Å². The molecule has 1 saturated heterocycles. The van der Waals surface area contributed by atoms with Gasteiger partial charge in [0, 0.05) is 25.0 Å². The van der Waals surface area contributed by atoms with Crippen molar-refractivity contribution in [3.05, 3.63) is 16.1 Å². The van der Waals surface area contributed by atoms with Gasteiger partial charge in [-0.2, -0.15) is 0 Å². The summed E-state index contributed by atoms with van der Waals surface area (Å²) >= 11 is 1.68. The van der Waals surface area contributed by atoms with Crippen molar-refractivity contribution in [3.63, 3.8) is 0 Å². The van der Waals surface area contributed by atoms with E-state index in [0.29, 0.717) is 13.1 Å². The number of likely N-dealkylation sites (tertiary alicyclic amines) is 1. The predicted molar refractivity (Wildman–Crippen MR) is 81.6 cm³/mol. The first kappa shape index (κ1) is 15.4. The Morgan fingerprint density at radius 2 is 2.50 bits per heavy atom. The van der Waals surface area contributed by atoms with Crippen molar-refractivity contribution in [3.8, 4) is 0 Å². The molecule has 2 unspecified atom stereocenters. The van der Waals surface area contributed by atoms with E-state index < -0.39 is 0 Å². The first-order valence-corrected chi connectivity index (χ1v) is 8.13. The summed E-state index contributed by atoms with van der Waals surface area (Å²) in [5.41, 5.74) is 6.55. The summed E-state index contributed by atoms with van der Waals surface area (Å²) in [4.78, 5) is 19.0. The lowest BCUT2D eigenvalue weighted by Crippen LogP contribution is -2.44. The SMILES string of the molecule is Cc1nc(C(C)N2CCCC(C(=O)NCCN)C2)cs1. The lowest BCUT2D eigenvalue weighted by Gasteiger charge is -2.35. The molecule has 112 valence electrons. The van der Waals surface area contributed by atoms with Crippen molar-refractivity contribution in [2.75, 3.05) is 26.2 Å². The molecule has 0 spiro atoms. The highest BCUT2D eigenvalue weighted by atomic mass is 32.1. The van der Waals surface area contributed by atoms with E-state index >= 15 is 0 Å². The molecule has 6 heteroatoms. The smallest absolute Gasteiger partial charge is 0.224 e. The maximum absolute atomic E-state index is 12.1. The number of piperidine rings is 1. The molecule has 1 aliphatic heterocycles. The van der Waals surface area contributed by atoms with Crippen molar-refractivity contribution >= 4 is 17.2 Å². The number of carbonyl (C=O) groups excluding carboxylic acids is 1. The van der Waals surface area contributed by atoms with Crippen LogP contribution in [0.1, 0.15) is 36.5 Å². The Bertz CT molecular complexity index is 448. The quantitative estimate of drug-likeness (QED) is 0.859. The zero-order valence-corrected chi connectivity index (χ0v) is 13.1. The number of hydrogen-bond acceptors (Lipinski definition) is 5. The predicted octanol–water partition coefficient (Wildman–Crippen LogP) is 1.30. The van der Waals surface area contributed by atoms with E-state index in [-0.39, 0.29) is 17.9 Å². The molecule has 0 radical (unpaired) electrons. The van der Waals surface area contributed by atoms with Crippen LogP contribution in [0.2, 0.25) is 0 Å². The third-order valence-corrected chi connectivity index (χ3v) is 4.67. The molecule has 0 bridgehead atoms. The van der Waals surface area contributed by atoms with Crippen molar-refractivity contribution < 1.29 is 4.79 Å². The summed E-state index contributed by atoms with van der Waals surface area (Å²) in [5.74, 6) is 0.222. The molecule has 1 aromatic rings. The van der Waals surface area contributed by atoms with Gasteiger partial charge in [0.25, 0.3) is 0 Å². The second-order valence-electron chi connectivity index (χ2n) is 5.38. The third-order valence-electron chi connectivity index (χ3n) is 3.88. The minimum Gasteiger partial charge on any atom is -0.355 e. The highest BCUT2D eigenvalue weighted by Gasteiger charge is 2.29. The number of aromatic nitrogens is 1. The molecule has 0 saturated carbocycles. The zero-order valence-electron chi connectivity index (χ0n) is 12.3. The molecular weight excluding hydrogens is 272 g/mol. The van der Waals surface area contributed by atoms with Gasteiger partial charge in [-0.15, -0.1) is 11.3 Å². The molecule has 3 N–H and O–H groups in total. The van der Waals surface area contributed by atoms with E-state index in [4.69, 9.17) is 5.73 Å². The fourth-order valence-corrected chi connectivity index (χ4v) is 3.37. The maximum Gasteiger partial charge on any atom is 0.224 e. The van der Waals surface area contributed by atoms with E-state index in [1.165, 1.54) is 0 Å². The second-order valence-corrected chi connectivity index (χ2v) is 6.44. The van der Waals surface area contributed by atoms with Crippen molar-refractivity contribution in [2.24, 2.45) is 11.7 Å². The Hall–Kier alpha value is -0.980. The number of nitrogens with zero attached hydrogens (tertiary/aromatic N) is 2. The van der Waals surface area contributed by atoms with Crippen LogP contribution in [0.5, 0.6) is 0 Å². The van der Waals surface area contributed by atoms with Crippen LogP contribution in [-0.4, -0.2) is 42.0 Å². The Kier molecular flexibility index (Phi) is 5.51. The highest BCUT2D eigenvalue weighted by Crippen LogP contribution is 2.27. The Morgan fingerprint density at radius 3 is 3.15 bits per heavy atom. The fraction of sp³-hybridized carbons (Fsp3) is 0.714. The molecule has 1 aromatic heterocycles. The van der Waals surface area contributed by atoms with Crippen molar-refractivity contribution in [1.29, 1.82) is 0 Å². The summed E-state index contributed by atoms with van der Waals surface area (Å²) < 4.78 is 0. The molecule has 1 amide bonds. The van der Waals surface area contributed by atoms with Crippen LogP contribution in [0.4, 0.5) is 0 Å². The number of nitrogens with two attached hydrogens (primary N) is 1. The number of nitrogens with one attached hydrogen (secondary N) is 1. The van der Waals surface area contributed by atoms with Gasteiger partial charge in [-0.1, -0.05) is 0 Å². The minimum absolute atomic E-state index is 0.0810. The van der Waals surface area contributed by atoms with Gasteiger partial charge in [0.2, 0.25) is 5.91 Å². The van der Waals surface area contributed by atoms with Crippen molar-refractivity contribution in [2.45, 2.75) is 32.7 Å². The average molecular weight is 296 g/mol. The van der Waals surface area contributed by atoms with Gasteiger partial charge < -0.3 is 11.1 Å². The average Bonchev–Trinajstić information content (AvgIpc) is 2.90. The van der Waals surface area contributed by atoms with Crippen LogP contribution < -0.4 is 11.1 Å². The standard InChI is InChI=1S/C14H24N4OS/c1-10(13-9-20-11(2)17-13)18-7-3-4-12(8-18)14(19)16-6-5-15/h9-10,12H,3-8,15H2,1-2H3,(H,16,19). The summed E-state index contributed by atoms with van der Waals surface area (Å²) in [6.07, 6.45) is 2.03. The monoisotopic (exact) mass is 296 g/mol. The molecule has 2 rings (SSSR count). The van der Waals surface area contributed by atoms with E-state index in [1.54, 1.807) is 11.3 Å². The van der Waals surface area contributed by atoms with Crippen LogP contribution in [0, 0.1) is 12.8 Å². The van der Waals surface area contributed by atoms with E-state index in [0.717, 1.165) is 36.6 Å². The zero-order chi connectivity index (χ0) is 14.5. The van der Waals surface area contributed by atoms with Gasteiger partial charge >= 0.3 is 0 Å². The molecule has 5 nitrogen and oxygen atoms in total. The Labute approximate surface area is 124 Å². The van der Waals surface area contributed by atoms with E-state index in [1.807, 2.05) is 6.92 Å². The van der Waals surface area contributed by atoms with Crippen LogP contribution >= 0.6 is 11.3 Å². The molecule has 20 heavy (non-hydrogen) atoms. The minimum atomic E-state index is 0.0810. The van der Waals surface area contributed by atoms with Gasteiger partial charge in [0.05, 0.1) is 22.7 Å². The van der Waals surface area contributed by atoms with E-state index in [9.17, 15) is 4.79 Å². The van der Waals surface area contributed by atoms with Gasteiger partial charge in [-0.05, 0) is 33.2 Å². The highest BCUT2D eigenvalue weighted by molar-refractivity contribution is 7.09. The van der Waals surface area contributed by atoms with Crippen LogP contribution in [0.15, 0.2) is 5.38 Å². The number of thiazole rings is 1. The van der Waals surface area contributed by atoms with Crippen LogP contribution in [-0.2, 0) is 4.79 Å². The van der Waals surface area contributed by atoms with Crippen LogP contribution in [0.25, 0.3) is 0 Å². The Morgan fingerprint density at radius 1 is 1.70 bits per heavy atom. The van der Waals surface area contributed by atoms with Crippen LogP contribution in [0.3, 0.4) is 0 Å². The van der Waals surface area contributed by atoms with Gasteiger partial charge in [-0.3, -0.25) is 9.69 Å². The largest absolute Gasteiger partial charge is 0.355 e. The summed E-state index contributed by atoms with van der Waals surface area (Å²) in [5, 5.41) is 6.12. The first-order valence-electron chi connectivity index (χ1n) is 7.25. The maximum atomic E-state index is 12.1. The lowest BCUT2D eigenvalue weighted by atomic mass is 9.95. The van der Waals surface area contributed by atoms with Crippen molar-refractivity contribution in [1.82, 2.24) is 15.2 Å². The normalized spacial score (nSPS) is 21.6. The number of amides is 1. The van der Waals surface area contributed by atoms with Gasteiger partial charge in [-0.25, -0.2) is 4.98 Å². The molecule has 1 aliphatic rings. The summed E-state index contributed by atoms with van der Waals surface area (Å²) in [7, 11) is 0. The number of aryl methyl sites for hydroxylation is 1. The topological polar surface area (TPSA) is 71.2 Å². The molecule has 0 aromatic carbocycles. The number of hydrogen-bond donors (Lipinski definition) is 2. The number of carbonyl (C=O) groups is 1.